The molecule has 0 unspecified atom stereocenters. The minimum atomic E-state index is 1.08. The summed E-state index contributed by atoms with van der Waals surface area (Å²) < 4.78 is 0. The first kappa shape index (κ1) is 13.8. The normalized spacial score (nSPS) is 11.0. The largest absolute Gasteiger partial charge is 0.253 e. The van der Waals surface area contributed by atoms with Gasteiger partial charge in [0.2, 0.25) is 0 Å². The lowest BCUT2D eigenvalue weighted by atomic mass is 10.0. The zero-order valence-corrected chi connectivity index (χ0v) is 12.8. The Kier molecular flexibility index (Phi) is 4.01. The molecule has 1 heterocycles. The number of fused-ring (bicyclic) bond motifs is 1. The monoisotopic (exact) mass is 275 g/mol. The van der Waals surface area contributed by atoms with E-state index in [0.717, 1.165) is 11.9 Å². The molecule has 2 aromatic carbocycles. The van der Waals surface area contributed by atoms with E-state index in [1.165, 1.54) is 40.6 Å². The van der Waals surface area contributed by atoms with Crippen LogP contribution >= 0.6 is 0 Å². The molecule has 1 aromatic heterocycles. The molecule has 0 bridgehead atoms. The van der Waals surface area contributed by atoms with Crippen molar-refractivity contribution in [1.82, 2.24) is 4.98 Å². The van der Waals surface area contributed by atoms with Gasteiger partial charge >= 0.3 is 0 Å². The molecule has 0 atom stereocenters. The zero-order chi connectivity index (χ0) is 14.7. The van der Waals surface area contributed by atoms with E-state index in [2.05, 4.69) is 68.4 Å². The maximum atomic E-state index is 4.76. The summed E-state index contributed by atoms with van der Waals surface area (Å²) in [5.74, 6) is 0. The Labute approximate surface area is 126 Å². The number of nitrogens with zero attached hydrogens (tertiary/aromatic N) is 1. The van der Waals surface area contributed by atoms with Crippen molar-refractivity contribution in [2.24, 2.45) is 0 Å². The molecule has 1 nitrogen and oxygen atoms in total. The second-order valence-electron chi connectivity index (χ2n) is 5.68. The molecular weight excluding hydrogens is 254 g/mol. The summed E-state index contributed by atoms with van der Waals surface area (Å²) >= 11 is 0. The van der Waals surface area contributed by atoms with Crippen LogP contribution in [0, 0.1) is 6.92 Å². The van der Waals surface area contributed by atoms with Gasteiger partial charge in [0.15, 0.2) is 0 Å². The second kappa shape index (κ2) is 6.09. The highest BCUT2D eigenvalue weighted by Gasteiger charge is 2.02. The van der Waals surface area contributed by atoms with Gasteiger partial charge in [0.05, 0.1) is 5.52 Å². The van der Waals surface area contributed by atoms with Gasteiger partial charge in [0, 0.05) is 11.1 Å². The molecule has 0 N–H and O–H groups in total. The predicted octanol–water partition coefficient (Wildman–Crippen LogP) is 5.55. The molecule has 0 aliphatic carbocycles. The van der Waals surface area contributed by atoms with Crippen molar-refractivity contribution < 1.29 is 0 Å². The number of benzene rings is 2. The third kappa shape index (κ3) is 3.13. The van der Waals surface area contributed by atoms with Crippen molar-refractivity contribution in [3.63, 3.8) is 0 Å². The van der Waals surface area contributed by atoms with Crippen molar-refractivity contribution in [2.45, 2.75) is 33.1 Å². The number of rotatable bonds is 4. The van der Waals surface area contributed by atoms with E-state index < -0.39 is 0 Å². The van der Waals surface area contributed by atoms with Crippen molar-refractivity contribution >= 4 is 10.9 Å². The van der Waals surface area contributed by atoms with E-state index in [1.807, 2.05) is 0 Å². The smallest absolute Gasteiger partial charge is 0.0705 e. The highest BCUT2D eigenvalue weighted by atomic mass is 14.7. The van der Waals surface area contributed by atoms with Crippen LogP contribution in [0.3, 0.4) is 0 Å². The molecule has 0 fully saturated rings. The Morgan fingerprint density at radius 3 is 2.38 bits per heavy atom. The molecule has 3 rings (SSSR count). The second-order valence-corrected chi connectivity index (χ2v) is 5.68. The first-order chi connectivity index (χ1) is 10.3. The number of pyridine rings is 1. The Morgan fingerprint density at radius 2 is 1.62 bits per heavy atom. The van der Waals surface area contributed by atoms with Gasteiger partial charge < -0.3 is 0 Å². The lowest BCUT2D eigenvalue weighted by Crippen LogP contribution is -1.90. The molecule has 0 aliphatic heterocycles. The quantitative estimate of drug-likeness (QED) is 0.608. The third-order valence-electron chi connectivity index (χ3n) is 3.92. The molecule has 1 heteroatoms. The van der Waals surface area contributed by atoms with Crippen molar-refractivity contribution in [3.05, 3.63) is 65.9 Å². The maximum Gasteiger partial charge on any atom is 0.0705 e. The van der Waals surface area contributed by atoms with Crippen LogP contribution in [0.2, 0.25) is 0 Å². The number of aryl methyl sites for hydroxylation is 2. The molecule has 0 radical (unpaired) electrons. The Balaban J connectivity index is 1.95. The van der Waals surface area contributed by atoms with Crippen molar-refractivity contribution in [2.75, 3.05) is 0 Å². The van der Waals surface area contributed by atoms with Crippen LogP contribution in [0.1, 0.15) is 31.0 Å². The molecule has 0 saturated carbocycles. The predicted molar refractivity (Wildman–Crippen MR) is 90.5 cm³/mol. The van der Waals surface area contributed by atoms with E-state index in [9.17, 15) is 0 Å². The molecule has 0 saturated heterocycles. The fraction of sp³-hybridized carbons (Fsp3) is 0.250. The van der Waals surface area contributed by atoms with E-state index in [-0.39, 0.29) is 0 Å². The van der Waals surface area contributed by atoms with Crippen LogP contribution in [0.15, 0.2) is 54.6 Å². The minimum absolute atomic E-state index is 1.08. The minimum Gasteiger partial charge on any atom is -0.253 e. The van der Waals surface area contributed by atoms with Gasteiger partial charge in [0.1, 0.15) is 0 Å². The molecule has 0 spiro atoms. The summed E-state index contributed by atoms with van der Waals surface area (Å²) in [6, 6.07) is 19.6. The number of aromatic nitrogens is 1. The first-order valence-corrected chi connectivity index (χ1v) is 7.73. The summed E-state index contributed by atoms with van der Waals surface area (Å²) in [4.78, 5) is 4.76. The molecule has 0 aliphatic rings. The highest BCUT2D eigenvalue weighted by molar-refractivity contribution is 5.84. The van der Waals surface area contributed by atoms with Gasteiger partial charge in [-0.3, -0.25) is 4.98 Å². The third-order valence-corrected chi connectivity index (χ3v) is 3.92. The number of hydrogen-bond acceptors (Lipinski definition) is 1. The van der Waals surface area contributed by atoms with Gasteiger partial charge in [-0.05, 0) is 49.1 Å². The average molecular weight is 275 g/mol. The lowest BCUT2D eigenvalue weighted by molar-refractivity contribution is 0.780. The maximum absolute atomic E-state index is 4.76. The topological polar surface area (TPSA) is 12.9 Å². The summed E-state index contributed by atoms with van der Waals surface area (Å²) in [7, 11) is 0. The molecule has 21 heavy (non-hydrogen) atoms. The van der Waals surface area contributed by atoms with Crippen LogP contribution in [-0.2, 0) is 6.42 Å². The average Bonchev–Trinajstić information content (AvgIpc) is 2.53. The van der Waals surface area contributed by atoms with Crippen molar-refractivity contribution in [3.8, 4) is 11.1 Å². The van der Waals surface area contributed by atoms with Gasteiger partial charge in [-0.1, -0.05) is 55.3 Å². The van der Waals surface area contributed by atoms with Gasteiger partial charge in [-0.25, -0.2) is 0 Å². The van der Waals surface area contributed by atoms with E-state index in [1.54, 1.807) is 0 Å². The van der Waals surface area contributed by atoms with E-state index in [0.29, 0.717) is 0 Å². The van der Waals surface area contributed by atoms with Gasteiger partial charge in [-0.15, -0.1) is 0 Å². The van der Waals surface area contributed by atoms with E-state index >= 15 is 0 Å². The lowest BCUT2D eigenvalue weighted by Gasteiger charge is -2.06. The first-order valence-electron chi connectivity index (χ1n) is 7.73. The van der Waals surface area contributed by atoms with Crippen molar-refractivity contribution in [1.29, 1.82) is 0 Å². The Morgan fingerprint density at radius 1 is 0.857 bits per heavy atom. The summed E-state index contributed by atoms with van der Waals surface area (Å²) in [5.41, 5.74) is 6.11. The molecule has 106 valence electrons. The Hall–Kier alpha value is -2.15. The molecule has 3 aromatic rings. The standard InChI is InChI=1S/C20H21N/c1-3-4-5-19-12-10-18-14-17(11-13-20(18)21-19)16-8-6-15(2)7-9-16/h6-14H,3-5H2,1-2H3. The van der Waals surface area contributed by atoms with Gasteiger partial charge in [0.25, 0.3) is 0 Å². The van der Waals surface area contributed by atoms with Crippen LogP contribution < -0.4 is 0 Å². The zero-order valence-electron chi connectivity index (χ0n) is 12.8. The van der Waals surface area contributed by atoms with Crippen LogP contribution in [0.5, 0.6) is 0 Å². The van der Waals surface area contributed by atoms with Crippen LogP contribution in [0.4, 0.5) is 0 Å². The molecular formula is C20H21N. The Bertz CT molecular complexity index is 741. The van der Waals surface area contributed by atoms with Crippen LogP contribution in [-0.4, -0.2) is 4.98 Å². The highest BCUT2D eigenvalue weighted by Crippen LogP contribution is 2.24. The number of hydrogen-bond donors (Lipinski definition) is 0. The number of unbranched alkanes of at least 4 members (excludes halogenated alkanes) is 1. The molecule has 0 amide bonds. The van der Waals surface area contributed by atoms with Gasteiger partial charge in [-0.2, -0.15) is 0 Å². The summed E-state index contributed by atoms with van der Waals surface area (Å²) in [5, 5.41) is 1.22. The van der Waals surface area contributed by atoms with E-state index in [4.69, 9.17) is 4.98 Å². The SMILES string of the molecule is CCCCc1ccc2cc(-c3ccc(C)cc3)ccc2n1. The van der Waals surface area contributed by atoms with Crippen LogP contribution in [0.25, 0.3) is 22.0 Å². The fourth-order valence-corrected chi connectivity index (χ4v) is 2.59. The fourth-order valence-electron chi connectivity index (χ4n) is 2.59. The summed E-state index contributed by atoms with van der Waals surface area (Å²) in [6.45, 7) is 4.33. The summed E-state index contributed by atoms with van der Waals surface area (Å²) in [6.07, 6.45) is 3.50.